The molecular formula is C18H16N6S. The minimum Gasteiger partial charge on any atom is -0.347 e. The number of rotatable bonds is 2. The molecule has 0 atom stereocenters. The molecule has 124 valence electrons. The largest absolute Gasteiger partial charge is 0.347 e. The van der Waals surface area contributed by atoms with Crippen molar-refractivity contribution >= 4 is 27.4 Å². The average Bonchev–Trinajstić information content (AvgIpc) is 3.27. The maximum Gasteiger partial charge on any atom is 0.146 e. The van der Waals surface area contributed by atoms with Gasteiger partial charge in [-0.1, -0.05) is 30.3 Å². The quantitative estimate of drug-likeness (QED) is 0.556. The molecule has 0 bridgehead atoms. The maximum absolute atomic E-state index is 4.80. The highest BCUT2D eigenvalue weighted by Gasteiger charge is 2.23. The molecule has 0 saturated carbocycles. The van der Waals surface area contributed by atoms with Crippen LogP contribution in [0.5, 0.6) is 0 Å². The van der Waals surface area contributed by atoms with Crippen LogP contribution in [0.15, 0.2) is 42.0 Å². The summed E-state index contributed by atoms with van der Waals surface area (Å²) in [6, 6.07) is 10.4. The fourth-order valence-corrected chi connectivity index (χ4v) is 4.32. The lowest BCUT2D eigenvalue weighted by Crippen LogP contribution is -2.35. The van der Waals surface area contributed by atoms with Crippen LogP contribution in [0.1, 0.15) is 11.6 Å². The fraction of sp³-hybridized carbons (Fsp3) is 0.222. The van der Waals surface area contributed by atoms with E-state index in [1.165, 1.54) is 11.1 Å². The Labute approximate surface area is 148 Å². The standard InChI is InChI=1S/C18H16N6S/c1-12-21-17(23-7-8-24-15(9-23)19-11-20-24)16-14(10-25-18(16)22-12)13-5-3-2-4-6-13/h2-6,10-11H,7-9H2,1H3. The molecule has 6 nitrogen and oxygen atoms in total. The highest BCUT2D eigenvalue weighted by molar-refractivity contribution is 7.17. The van der Waals surface area contributed by atoms with Crippen LogP contribution in [-0.2, 0) is 13.1 Å². The van der Waals surface area contributed by atoms with Crippen LogP contribution in [0.4, 0.5) is 5.82 Å². The van der Waals surface area contributed by atoms with Gasteiger partial charge in [0.05, 0.1) is 18.5 Å². The monoisotopic (exact) mass is 348 g/mol. The van der Waals surface area contributed by atoms with Crippen LogP contribution in [0.25, 0.3) is 21.3 Å². The first kappa shape index (κ1) is 14.5. The number of nitrogens with zero attached hydrogens (tertiary/aromatic N) is 6. The Morgan fingerprint density at radius 3 is 2.84 bits per heavy atom. The van der Waals surface area contributed by atoms with E-state index >= 15 is 0 Å². The van der Waals surface area contributed by atoms with Crippen LogP contribution in [-0.4, -0.2) is 31.3 Å². The van der Waals surface area contributed by atoms with Gasteiger partial charge in [-0.25, -0.2) is 19.6 Å². The molecule has 7 heteroatoms. The summed E-state index contributed by atoms with van der Waals surface area (Å²) in [5.74, 6) is 2.78. The first-order valence-electron chi connectivity index (χ1n) is 8.22. The number of fused-ring (bicyclic) bond motifs is 2. The number of thiophene rings is 1. The van der Waals surface area contributed by atoms with Gasteiger partial charge in [0.15, 0.2) is 0 Å². The van der Waals surface area contributed by atoms with Crippen molar-refractivity contribution in [3.05, 3.63) is 53.7 Å². The third-order valence-corrected chi connectivity index (χ3v) is 5.39. The average molecular weight is 348 g/mol. The third-order valence-electron chi connectivity index (χ3n) is 4.52. The number of hydrogen-bond donors (Lipinski definition) is 0. The summed E-state index contributed by atoms with van der Waals surface area (Å²) in [6.45, 7) is 4.36. The second-order valence-corrected chi connectivity index (χ2v) is 6.97. The Bertz CT molecular complexity index is 1050. The lowest BCUT2D eigenvalue weighted by Gasteiger charge is -2.28. The van der Waals surface area contributed by atoms with E-state index in [2.05, 4.69) is 49.6 Å². The van der Waals surface area contributed by atoms with Crippen LogP contribution in [0.2, 0.25) is 0 Å². The molecule has 0 unspecified atom stereocenters. The van der Waals surface area contributed by atoms with Gasteiger partial charge >= 0.3 is 0 Å². The second-order valence-electron chi connectivity index (χ2n) is 6.11. The SMILES string of the molecule is Cc1nc(N2CCn3ncnc3C2)c2c(-c3ccccc3)csc2n1. The predicted molar refractivity (Wildman–Crippen MR) is 98.7 cm³/mol. The lowest BCUT2D eigenvalue weighted by molar-refractivity contribution is 0.510. The fourth-order valence-electron chi connectivity index (χ4n) is 3.33. The van der Waals surface area contributed by atoms with Gasteiger partial charge in [-0.05, 0) is 12.5 Å². The van der Waals surface area contributed by atoms with Crippen LogP contribution < -0.4 is 4.90 Å². The van der Waals surface area contributed by atoms with E-state index in [9.17, 15) is 0 Å². The number of hydrogen-bond acceptors (Lipinski definition) is 6. The van der Waals surface area contributed by atoms with E-state index in [0.29, 0.717) is 0 Å². The molecule has 4 heterocycles. The van der Waals surface area contributed by atoms with Gasteiger partial charge in [-0.3, -0.25) is 0 Å². The molecule has 1 aliphatic heterocycles. The third kappa shape index (κ3) is 2.39. The van der Waals surface area contributed by atoms with E-state index in [4.69, 9.17) is 4.98 Å². The summed E-state index contributed by atoms with van der Waals surface area (Å²) in [5, 5.41) is 7.59. The zero-order valence-corrected chi connectivity index (χ0v) is 14.6. The Morgan fingerprint density at radius 2 is 1.96 bits per heavy atom. The lowest BCUT2D eigenvalue weighted by atomic mass is 10.1. The molecule has 0 amide bonds. The highest BCUT2D eigenvalue weighted by Crippen LogP contribution is 2.38. The molecule has 1 aliphatic rings. The van der Waals surface area contributed by atoms with Crippen molar-refractivity contribution in [2.24, 2.45) is 0 Å². The second kappa shape index (κ2) is 5.63. The molecule has 4 aromatic rings. The zero-order valence-electron chi connectivity index (χ0n) is 13.8. The van der Waals surface area contributed by atoms with Gasteiger partial charge < -0.3 is 4.90 Å². The van der Waals surface area contributed by atoms with Crippen molar-refractivity contribution < 1.29 is 0 Å². The molecule has 0 radical (unpaired) electrons. The van der Waals surface area contributed by atoms with Crippen molar-refractivity contribution in [3.8, 4) is 11.1 Å². The molecule has 0 aliphatic carbocycles. The molecule has 25 heavy (non-hydrogen) atoms. The number of aryl methyl sites for hydroxylation is 1. The number of aromatic nitrogens is 5. The normalized spacial score (nSPS) is 14.0. The zero-order chi connectivity index (χ0) is 16.8. The molecule has 3 aromatic heterocycles. The summed E-state index contributed by atoms with van der Waals surface area (Å²) in [7, 11) is 0. The first-order valence-corrected chi connectivity index (χ1v) is 9.10. The summed E-state index contributed by atoms with van der Waals surface area (Å²) in [5.41, 5.74) is 2.39. The van der Waals surface area contributed by atoms with Gasteiger partial charge in [-0.15, -0.1) is 11.3 Å². The molecule has 5 rings (SSSR count). The van der Waals surface area contributed by atoms with E-state index in [-0.39, 0.29) is 0 Å². The van der Waals surface area contributed by atoms with Crippen molar-refractivity contribution in [1.82, 2.24) is 24.7 Å². The Balaban J connectivity index is 1.69. The van der Waals surface area contributed by atoms with Crippen LogP contribution in [0.3, 0.4) is 0 Å². The van der Waals surface area contributed by atoms with Gasteiger partial charge in [0.1, 0.15) is 28.6 Å². The first-order chi connectivity index (χ1) is 12.3. The Hall–Kier alpha value is -2.80. The summed E-state index contributed by atoms with van der Waals surface area (Å²) < 4.78 is 1.97. The summed E-state index contributed by atoms with van der Waals surface area (Å²) >= 11 is 1.68. The number of benzene rings is 1. The predicted octanol–water partition coefficient (Wildman–Crippen LogP) is 3.28. The number of anilines is 1. The van der Waals surface area contributed by atoms with Crippen molar-refractivity contribution in [3.63, 3.8) is 0 Å². The van der Waals surface area contributed by atoms with E-state index in [1.807, 2.05) is 17.7 Å². The van der Waals surface area contributed by atoms with Gasteiger partial charge in [0.25, 0.3) is 0 Å². The highest BCUT2D eigenvalue weighted by atomic mass is 32.1. The summed E-state index contributed by atoms with van der Waals surface area (Å²) in [6.07, 6.45) is 1.62. The smallest absolute Gasteiger partial charge is 0.146 e. The molecular weight excluding hydrogens is 332 g/mol. The van der Waals surface area contributed by atoms with Crippen LogP contribution >= 0.6 is 11.3 Å². The Kier molecular flexibility index (Phi) is 3.27. The van der Waals surface area contributed by atoms with E-state index < -0.39 is 0 Å². The molecule has 0 fully saturated rings. The van der Waals surface area contributed by atoms with Gasteiger partial charge in [-0.2, -0.15) is 5.10 Å². The molecule has 0 saturated heterocycles. The summed E-state index contributed by atoms with van der Waals surface area (Å²) in [4.78, 5) is 17.2. The van der Waals surface area contributed by atoms with E-state index in [1.54, 1.807) is 17.7 Å². The van der Waals surface area contributed by atoms with E-state index in [0.717, 1.165) is 47.3 Å². The Morgan fingerprint density at radius 1 is 1.08 bits per heavy atom. The van der Waals surface area contributed by atoms with Gasteiger partial charge in [0, 0.05) is 17.5 Å². The van der Waals surface area contributed by atoms with Gasteiger partial charge in [0.2, 0.25) is 0 Å². The van der Waals surface area contributed by atoms with Crippen molar-refractivity contribution in [2.45, 2.75) is 20.0 Å². The molecule has 0 spiro atoms. The molecule has 0 N–H and O–H groups in total. The molecule has 1 aromatic carbocycles. The minimum absolute atomic E-state index is 0.718. The minimum atomic E-state index is 0.718. The maximum atomic E-state index is 4.80. The van der Waals surface area contributed by atoms with Crippen molar-refractivity contribution in [1.29, 1.82) is 0 Å². The van der Waals surface area contributed by atoms with Crippen molar-refractivity contribution in [2.75, 3.05) is 11.4 Å². The van der Waals surface area contributed by atoms with Crippen LogP contribution in [0, 0.1) is 6.92 Å². The topological polar surface area (TPSA) is 59.7 Å².